The number of nitrogens with zero attached hydrogens (tertiary/aromatic N) is 3. The van der Waals surface area contributed by atoms with Crippen molar-refractivity contribution in [3.63, 3.8) is 0 Å². The van der Waals surface area contributed by atoms with Gasteiger partial charge in [-0.05, 0) is 13.8 Å². The van der Waals surface area contributed by atoms with E-state index >= 15 is 0 Å². The predicted octanol–water partition coefficient (Wildman–Crippen LogP) is 2.55. The van der Waals surface area contributed by atoms with E-state index in [0.29, 0.717) is 18.9 Å². The summed E-state index contributed by atoms with van der Waals surface area (Å²) in [6.07, 6.45) is 0.262. The number of hydrogen-bond acceptors (Lipinski definition) is 5. The number of carbonyl (C=O) groups is 1. The Balaban J connectivity index is 1.75. The molecule has 0 aliphatic carbocycles. The molecule has 0 bridgehead atoms. The molecule has 1 aromatic rings. The van der Waals surface area contributed by atoms with Crippen molar-refractivity contribution in [2.24, 2.45) is 0 Å². The molecule has 2 rings (SSSR count). The van der Waals surface area contributed by atoms with Crippen LogP contribution in [0.2, 0.25) is 0 Å². The summed E-state index contributed by atoms with van der Waals surface area (Å²) < 4.78 is 10.9. The molecule has 0 aromatic carbocycles. The Kier molecular flexibility index (Phi) is 6.23. The monoisotopic (exact) mass is 338 g/mol. The SMILES string of the molecule is CC(C)OCCN1CCN(C(=O)Nc2cc(C(C)(C)C)on2)CC1. The molecule has 24 heavy (non-hydrogen) atoms. The van der Waals surface area contributed by atoms with Crippen molar-refractivity contribution in [3.05, 3.63) is 11.8 Å². The van der Waals surface area contributed by atoms with Crippen LogP contribution in [0.15, 0.2) is 10.6 Å². The van der Waals surface area contributed by atoms with Gasteiger partial charge in [-0.25, -0.2) is 4.79 Å². The number of piperazine rings is 1. The third kappa shape index (κ3) is 5.49. The fourth-order valence-electron chi connectivity index (χ4n) is 2.47. The summed E-state index contributed by atoms with van der Waals surface area (Å²) in [4.78, 5) is 16.5. The molecule has 7 heteroatoms. The van der Waals surface area contributed by atoms with Crippen molar-refractivity contribution >= 4 is 11.8 Å². The van der Waals surface area contributed by atoms with Gasteiger partial charge in [-0.15, -0.1) is 0 Å². The molecule has 0 atom stereocenters. The van der Waals surface area contributed by atoms with Crippen molar-refractivity contribution in [1.29, 1.82) is 0 Å². The second kappa shape index (κ2) is 7.98. The molecule has 2 amide bonds. The van der Waals surface area contributed by atoms with Crippen LogP contribution in [0.25, 0.3) is 0 Å². The van der Waals surface area contributed by atoms with Crippen LogP contribution in [-0.4, -0.2) is 66.4 Å². The summed E-state index contributed by atoms with van der Waals surface area (Å²) in [5.74, 6) is 1.23. The highest BCUT2D eigenvalue weighted by Crippen LogP contribution is 2.24. The van der Waals surface area contributed by atoms with Gasteiger partial charge in [0.2, 0.25) is 0 Å². The lowest BCUT2D eigenvalue weighted by Gasteiger charge is -2.34. The Morgan fingerprint density at radius 3 is 2.54 bits per heavy atom. The fourth-order valence-corrected chi connectivity index (χ4v) is 2.47. The van der Waals surface area contributed by atoms with Crippen LogP contribution in [0.3, 0.4) is 0 Å². The van der Waals surface area contributed by atoms with Crippen LogP contribution in [0.4, 0.5) is 10.6 Å². The number of aromatic nitrogens is 1. The van der Waals surface area contributed by atoms with Crippen molar-refractivity contribution < 1.29 is 14.1 Å². The molecule has 7 nitrogen and oxygen atoms in total. The van der Waals surface area contributed by atoms with E-state index < -0.39 is 0 Å². The molecular formula is C17H30N4O3. The molecule has 1 fully saturated rings. The minimum Gasteiger partial charge on any atom is -0.377 e. The zero-order valence-corrected chi connectivity index (χ0v) is 15.5. The fraction of sp³-hybridized carbons (Fsp3) is 0.765. The van der Waals surface area contributed by atoms with Crippen molar-refractivity contribution in [3.8, 4) is 0 Å². The van der Waals surface area contributed by atoms with Gasteiger partial charge in [0.25, 0.3) is 0 Å². The molecule has 0 radical (unpaired) electrons. The maximum absolute atomic E-state index is 12.3. The number of nitrogens with one attached hydrogen (secondary N) is 1. The minimum atomic E-state index is -0.125. The Morgan fingerprint density at radius 1 is 1.33 bits per heavy atom. The van der Waals surface area contributed by atoms with Gasteiger partial charge >= 0.3 is 6.03 Å². The number of carbonyl (C=O) groups excluding carboxylic acids is 1. The molecule has 0 spiro atoms. The molecule has 1 aromatic heterocycles. The second-order valence-electron chi connectivity index (χ2n) is 7.50. The Hall–Kier alpha value is -1.60. The van der Waals surface area contributed by atoms with E-state index in [1.165, 1.54) is 0 Å². The lowest BCUT2D eigenvalue weighted by molar-refractivity contribution is 0.0493. The minimum absolute atomic E-state index is 0.123. The molecule has 0 unspecified atom stereocenters. The second-order valence-corrected chi connectivity index (χ2v) is 7.50. The largest absolute Gasteiger partial charge is 0.377 e. The number of hydrogen-bond donors (Lipinski definition) is 1. The third-order valence-corrected chi connectivity index (χ3v) is 4.00. The molecule has 1 saturated heterocycles. The number of amides is 2. The van der Waals surface area contributed by atoms with Gasteiger partial charge in [-0.1, -0.05) is 25.9 Å². The number of urea groups is 1. The van der Waals surface area contributed by atoms with Crippen LogP contribution in [0.5, 0.6) is 0 Å². The molecule has 136 valence electrons. The molecule has 1 N–H and O–H groups in total. The maximum Gasteiger partial charge on any atom is 0.323 e. The molecule has 1 aliphatic rings. The van der Waals surface area contributed by atoms with Crippen LogP contribution < -0.4 is 5.32 Å². The Morgan fingerprint density at radius 2 is 2.00 bits per heavy atom. The molecule has 1 aliphatic heterocycles. The number of rotatable bonds is 5. The van der Waals surface area contributed by atoms with Gasteiger partial charge < -0.3 is 14.2 Å². The standard InChI is InChI=1S/C17H30N4O3/c1-13(2)23-11-10-20-6-8-21(9-7-20)16(22)18-15-12-14(24-19-15)17(3,4)5/h12-13H,6-11H2,1-5H3,(H,18,19,22). The highest BCUT2D eigenvalue weighted by atomic mass is 16.5. The lowest BCUT2D eigenvalue weighted by atomic mass is 9.93. The lowest BCUT2D eigenvalue weighted by Crippen LogP contribution is -2.50. The van der Waals surface area contributed by atoms with Crippen LogP contribution >= 0.6 is 0 Å². The van der Waals surface area contributed by atoms with E-state index in [-0.39, 0.29) is 17.6 Å². The van der Waals surface area contributed by atoms with Gasteiger partial charge in [-0.3, -0.25) is 10.2 Å². The maximum atomic E-state index is 12.3. The molecule has 0 saturated carbocycles. The first kappa shape index (κ1) is 18.7. The zero-order valence-electron chi connectivity index (χ0n) is 15.5. The molecular weight excluding hydrogens is 308 g/mol. The van der Waals surface area contributed by atoms with Crippen molar-refractivity contribution in [2.45, 2.75) is 46.1 Å². The van der Waals surface area contributed by atoms with Crippen LogP contribution in [0.1, 0.15) is 40.4 Å². The Labute approximate surface area is 144 Å². The summed E-state index contributed by atoms with van der Waals surface area (Å²) in [6, 6.07) is 1.67. The van der Waals surface area contributed by atoms with E-state index in [1.807, 2.05) is 39.5 Å². The first-order valence-corrected chi connectivity index (χ1v) is 8.63. The average Bonchev–Trinajstić information content (AvgIpc) is 2.96. The Bertz CT molecular complexity index is 528. The number of anilines is 1. The van der Waals surface area contributed by atoms with Gasteiger partial charge in [0, 0.05) is 44.2 Å². The average molecular weight is 338 g/mol. The van der Waals surface area contributed by atoms with Crippen molar-refractivity contribution in [2.75, 3.05) is 44.6 Å². The van der Waals surface area contributed by atoms with E-state index in [0.717, 1.165) is 32.0 Å². The summed E-state index contributed by atoms with van der Waals surface area (Å²) in [6.45, 7) is 15.0. The smallest absolute Gasteiger partial charge is 0.323 e. The first-order valence-electron chi connectivity index (χ1n) is 8.63. The van der Waals surface area contributed by atoms with E-state index in [4.69, 9.17) is 9.26 Å². The normalized spacial score (nSPS) is 16.7. The highest BCUT2D eigenvalue weighted by Gasteiger charge is 2.23. The van der Waals surface area contributed by atoms with Crippen LogP contribution in [-0.2, 0) is 10.2 Å². The van der Waals surface area contributed by atoms with Crippen molar-refractivity contribution in [1.82, 2.24) is 15.0 Å². The van der Waals surface area contributed by atoms with Gasteiger partial charge in [0.05, 0.1) is 12.7 Å². The summed E-state index contributed by atoms with van der Waals surface area (Å²) in [5, 5.41) is 6.74. The van der Waals surface area contributed by atoms with Gasteiger partial charge in [-0.2, -0.15) is 0 Å². The van der Waals surface area contributed by atoms with E-state index in [1.54, 1.807) is 6.07 Å². The number of ether oxygens (including phenoxy) is 1. The summed E-state index contributed by atoms with van der Waals surface area (Å²) >= 11 is 0. The quantitative estimate of drug-likeness (QED) is 0.893. The van der Waals surface area contributed by atoms with Gasteiger partial charge in [0.1, 0.15) is 5.76 Å². The van der Waals surface area contributed by atoms with Crippen LogP contribution in [0, 0.1) is 0 Å². The first-order chi connectivity index (χ1) is 11.3. The molecule has 2 heterocycles. The highest BCUT2D eigenvalue weighted by molar-refractivity contribution is 5.88. The summed E-state index contributed by atoms with van der Waals surface area (Å²) in [5.41, 5.74) is -0.125. The van der Waals surface area contributed by atoms with E-state index in [2.05, 4.69) is 15.4 Å². The predicted molar refractivity (Wildman–Crippen MR) is 93.3 cm³/mol. The summed E-state index contributed by atoms with van der Waals surface area (Å²) in [7, 11) is 0. The van der Waals surface area contributed by atoms with E-state index in [9.17, 15) is 4.79 Å². The zero-order chi connectivity index (χ0) is 17.7. The third-order valence-electron chi connectivity index (χ3n) is 4.00. The topological polar surface area (TPSA) is 70.8 Å². The van der Waals surface area contributed by atoms with Gasteiger partial charge in [0.15, 0.2) is 5.82 Å².